The van der Waals surface area contributed by atoms with Crippen LogP contribution in [0.2, 0.25) is 0 Å². The minimum atomic E-state index is -2.36. The summed E-state index contributed by atoms with van der Waals surface area (Å²) < 4.78 is 0. The fourth-order valence-electron chi connectivity index (χ4n) is 1.22. The van der Waals surface area contributed by atoms with Crippen LogP contribution in [-0.2, 0) is 38.7 Å². The molecule has 0 spiro atoms. The number of rotatable bonds is 10. The molecule has 152 valence electrons. The van der Waals surface area contributed by atoms with Crippen LogP contribution in [0.5, 0.6) is 0 Å². The topological polar surface area (TPSA) is 276 Å². The largest absolute Gasteiger partial charge is 2.00 e. The van der Waals surface area contributed by atoms with Gasteiger partial charge in [-0.2, -0.15) is 0 Å². The molecule has 0 heterocycles. The molecule has 0 aliphatic carbocycles. The maximum absolute atomic E-state index is 9.95. The van der Waals surface area contributed by atoms with Gasteiger partial charge in [0.15, 0.2) is 12.6 Å². The molecule has 0 saturated carbocycles. The van der Waals surface area contributed by atoms with Gasteiger partial charge in [-0.05, 0) is 0 Å². The van der Waals surface area contributed by atoms with Gasteiger partial charge in [-0.1, -0.05) is 0 Å². The van der Waals surface area contributed by atoms with Crippen molar-refractivity contribution in [3.05, 3.63) is 0 Å². The summed E-state index contributed by atoms with van der Waals surface area (Å²) in [5.41, 5.74) is 0. The van der Waals surface area contributed by atoms with E-state index in [0.29, 0.717) is 0 Å². The van der Waals surface area contributed by atoms with Gasteiger partial charge < -0.3 is 70.2 Å². The summed E-state index contributed by atoms with van der Waals surface area (Å²) in [6, 6.07) is 0. The standard InChI is InChI=1S/2C6H10O7.Zn/c2*7-1-2(8)3(9)4(10)5(11)6(12)13;/h2*1-5,8-11H,(H,12,13);/q;;+2/p-2/t2*2-,3+,4-,5-;/m00./s1. The normalized spacial score (nSPS) is 19.3. The molecule has 0 amide bonds. The molecule has 8 atom stereocenters. The molecule has 0 rings (SSSR count). The zero-order valence-corrected chi connectivity index (χ0v) is 16.5. The number of aldehydes is 2. The van der Waals surface area contributed by atoms with Gasteiger partial charge in [-0.3, -0.25) is 0 Å². The van der Waals surface area contributed by atoms with Crippen LogP contribution in [0.1, 0.15) is 0 Å². The fourth-order valence-corrected chi connectivity index (χ4v) is 1.22. The van der Waals surface area contributed by atoms with E-state index in [9.17, 15) is 29.4 Å². The van der Waals surface area contributed by atoms with Crippen LogP contribution < -0.4 is 10.2 Å². The summed E-state index contributed by atoms with van der Waals surface area (Å²) in [6.07, 6.45) is -17.3. The van der Waals surface area contributed by atoms with E-state index < -0.39 is 60.8 Å². The predicted octanol–water partition coefficient (Wildman–Crippen LogP) is -9.24. The number of hydrogen-bond acceptors (Lipinski definition) is 14. The second-order valence-corrected chi connectivity index (χ2v) is 4.74. The van der Waals surface area contributed by atoms with Crippen LogP contribution in [0.25, 0.3) is 0 Å². The smallest absolute Gasteiger partial charge is 0.547 e. The van der Waals surface area contributed by atoms with Crippen molar-refractivity contribution in [2.24, 2.45) is 0 Å². The first-order valence-electron chi connectivity index (χ1n) is 6.60. The SMILES string of the molecule is O=C[C@H](O)[C@@H](O)[C@H](O)[C@H](O)C(=O)[O-].O=C[C@H](O)[C@@H](O)[C@H](O)[C@H](O)C(=O)[O-].[Zn+2]. The summed E-state index contributed by atoms with van der Waals surface area (Å²) >= 11 is 0. The molecule has 0 saturated heterocycles. The Balaban J connectivity index is -0.000000411. The van der Waals surface area contributed by atoms with Crippen LogP contribution >= 0.6 is 0 Å². The second-order valence-electron chi connectivity index (χ2n) is 4.74. The van der Waals surface area contributed by atoms with Gasteiger partial charge in [0.25, 0.3) is 0 Å². The molecule has 15 heteroatoms. The molecule has 0 aromatic carbocycles. The number of aliphatic hydroxyl groups excluding tert-OH is 8. The summed E-state index contributed by atoms with van der Waals surface area (Å²) in [5.74, 6) is -4.02. The van der Waals surface area contributed by atoms with Crippen molar-refractivity contribution < 1.29 is 89.7 Å². The quantitative estimate of drug-likeness (QED) is 0.113. The average molecular weight is 452 g/mol. The first kappa shape index (κ1) is 30.3. The number of carboxylic acid groups (broad SMARTS) is 2. The van der Waals surface area contributed by atoms with Crippen LogP contribution in [-0.4, -0.2) is 114 Å². The molecule has 0 radical (unpaired) electrons. The van der Waals surface area contributed by atoms with Gasteiger partial charge in [-0.15, -0.1) is 0 Å². The molecule has 27 heavy (non-hydrogen) atoms. The maximum Gasteiger partial charge on any atom is 2.00 e. The first-order chi connectivity index (χ1) is 11.8. The fraction of sp³-hybridized carbons (Fsp3) is 0.667. The van der Waals surface area contributed by atoms with E-state index in [2.05, 4.69) is 0 Å². The monoisotopic (exact) mass is 450 g/mol. The van der Waals surface area contributed by atoms with Gasteiger partial charge >= 0.3 is 19.5 Å². The van der Waals surface area contributed by atoms with Gasteiger partial charge in [0.1, 0.15) is 48.8 Å². The Morgan fingerprint density at radius 2 is 0.815 bits per heavy atom. The molecule has 0 aromatic heterocycles. The van der Waals surface area contributed by atoms with Gasteiger partial charge in [0.2, 0.25) is 0 Å². The summed E-state index contributed by atoms with van der Waals surface area (Å²) in [5, 5.41) is 89.7. The Kier molecular flexibility index (Phi) is 16.4. The van der Waals surface area contributed by atoms with Gasteiger partial charge in [0.05, 0.1) is 11.9 Å². The van der Waals surface area contributed by atoms with Crippen LogP contribution in [0.3, 0.4) is 0 Å². The van der Waals surface area contributed by atoms with E-state index in [1.807, 2.05) is 0 Å². The number of aliphatic carboxylic acids is 2. The molecular weight excluding hydrogens is 434 g/mol. The third-order valence-corrected chi connectivity index (χ3v) is 2.81. The van der Waals surface area contributed by atoms with E-state index in [1.54, 1.807) is 0 Å². The minimum absolute atomic E-state index is 0. The summed E-state index contributed by atoms with van der Waals surface area (Å²) in [4.78, 5) is 39.7. The molecule has 0 aromatic rings. The summed E-state index contributed by atoms with van der Waals surface area (Å²) in [6.45, 7) is 0. The third kappa shape index (κ3) is 10.5. The van der Waals surface area contributed by atoms with E-state index in [4.69, 9.17) is 40.9 Å². The van der Waals surface area contributed by atoms with Crippen molar-refractivity contribution in [1.29, 1.82) is 0 Å². The van der Waals surface area contributed by atoms with E-state index >= 15 is 0 Å². The number of aliphatic hydroxyl groups is 8. The van der Waals surface area contributed by atoms with Gasteiger partial charge in [0, 0.05) is 0 Å². The van der Waals surface area contributed by atoms with Crippen molar-refractivity contribution in [3.63, 3.8) is 0 Å². The van der Waals surface area contributed by atoms with Crippen LogP contribution in [0, 0.1) is 0 Å². The van der Waals surface area contributed by atoms with Crippen molar-refractivity contribution in [2.45, 2.75) is 48.8 Å². The molecule has 0 aliphatic rings. The Labute approximate surface area is 163 Å². The zero-order chi connectivity index (χ0) is 21.2. The van der Waals surface area contributed by atoms with E-state index in [0.717, 1.165) is 0 Å². The number of carbonyl (C=O) groups is 4. The zero-order valence-electron chi connectivity index (χ0n) is 13.5. The van der Waals surface area contributed by atoms with Crippen LogP contribution in [0.15, 0.2) is 0 Å². The van der Waals surface area contributed by atoms with Crippen molar-refractivity contribution in [2.75, 3.05) is 0 Å². The van der Waals surface area contributed by atoms with E-state index in [-0.39, 0.29) is 32.1 Å². The minimum Gasteiger partial charge on any atom is -0.547 e. The molecule has 0 bridgehead atoms. The predicted molar refractivity (Wildman–Crippen MR) is 70.2 cm³/mol. The second kappa shape index (κ2) is 14.6. The number of hydrogen-bond donors (Lipinski definition) is 8. The molecule has 14 nitrogen and oxygen atoms in total. The first-order valence-corrected chi connectivity index (χ1v) is 6.60. The van der Waals surface area contributed by atoms with Crippen molar-refractivity contribution >= 4 is 24.5 Å². The van der Waals surface area contributed by atoms with Crippen LogP contribution in [0.4, 0.5) is 0 Å². The average Bonchev–Trinajstić information content (AvgIpc) is 2.62. The molecule has 0 aliphatic heterocycles. The third-order valence-electron chi connectivity index (χ3n) is 2.81. The Morgan fingerprint density at radius 3 is 0.963 bits per heavy atom. The Hall–Kier alpha value is -1.42. The van der Waals surface area contributed by atoms with Crippen molar-refractivity contribution in [3.8, 4) is 0 Å². The number of carbonyl (C=O) groups excluding carboxylic acids is 4. The number of carboxylic acids is 2. The summed E-state index contributed by atoms with van der Waals surface area (Å²) in [7, 11) is 0. The molecular formula is C12H18O14Zn. The Morgan fingerprint density at radius 1 is 0.593 bits per heavy atom. The van der Waals surface area contributed by atoms with Gasteiger partial charge in [-0.25, -0.2) is 0 Å². The molecule has 0 fully saturated rings. The van der Waals surface area contributed by atoms with Crippen molar-refractivity contribution in [1.82, 2.24) is 0 Å². The molecule has 8 N–H and O–H groups in total. The van der Waals surface area contributed by atoms with E-state index in [1.165, 1.54) is 0 Å². The molecule has 0 unspecified atom stereocenters. The Bertz CT molecular complexity index is 431. The maximum atomic E-state index is 9.95.